The van der Waals surface area contributed by atoms with Crippen LogP contribution < -0.4 is 10.2 Å². The molecule has 0 spiro atoms. The number of carbonyl (C=O) groups is 2. The normalized spacial score (nSPS) is 20.2. The molecule has 3 rings (SSSR count). The van der Waals surface area contributed by atoms with Crippen molar-refractivity contribution in [2.75, 3.05) is 43.1 Å². The van der Waals surface area contributed by atoms with Crippen LogP contribution in [0.4, 0.5) is 42.1 Å². The third kappa shape index (κ3) is 6.21. The SMILES string of the molecule is CCN(CCF)C[C@@]1(C(=O)Nc2cc(C(F)(F)F)cc(C(F)(F)F)c2)CN(c2c(C)cccc2C)C(=O)C1C. The lowest BCUT2D eigenvalue weighted by Gasteiger charge is -2.35. The van der Waals surface area contributed by atoms with E-state index >= 15 is 0 Å². The van der Waals surface area contributed by atoms with E-state index in [1.807, 2.05) is 0 Å². The zero-order chi connectivity index (χ0) is 29.3. The Morgan fingerprint density at radius 2 is 1.59 bits per heavy atom. The Balaban J connectivity index is 2.11. The van der Waals surface area contributed by atoms with Gasteiger partial charge < -0.3 is 10.2 Å². The molecular weight excluding hydrogens is 531 g/mol. The van der Waals surface area contributed by atoms with Gasteiger partial charge >= 0.3 is 12.4 Å². The molecule has 1 N–H and O–H groups in total. The highest BCUT2D eigenvalue weighted by Gasteiger charge is 2.56. The maximum Gasteiger partial charge on any atom is 0.416 e. The van der Waals surface area contributed by atoms with Gasteiger partial charge in [0.1, 0.15) is 6.67 Å². The first-order valence-corrected chi connectivity index (χ1v) is 12.3. The number of alkyl halides is 7. The fraction of sp³-hybridized carbons (Fsp3) is 0.481. The van der Waals surface area contributed by atoms with Crippen LogP contribution >= 0.6 is 0 Å². The summed E-state index contributed by atoms with van der Waals surface area (Å²) in [5.41, 5.74) is -3.42. The van der Waals surface area contributed by atoms with E-state index in [-0.39, 0.29) is 25.7 Å². The Hall–Kier alpha value is -3.15. The van der Waals surface area contributed by atoms with Crippen molar-refractivity contribution in [1.29, 1.82) is 0 Å². The predicted molar refractivity (Wildman–Crippen MR) is 133 cm³/mol. The number of aryl methyl sites for hydroxylation is 2. The van der Waals surface area contributed by atoms with Gasteiger partial charge in [0.15, 0.2) is 0 Å². The van der Waals surface area contributed by atoms with Crippen molar-refractivity contribution in [2.24, 2.45) is 11.3 Å². The molecule has 2 atom stereocenters. The fourth-order valence-electron chi connectivity index (χ4n) is 5.07. The molecule has 1 aliphatic heterocycles. The van der Waals surface area contributed by atoms with Gasteiger partial charge in [-0.05, 0) is 49.7 Å². The second-order valence-electron chi connectivity index (χ2n) is 9.85. The smallest absolute Gasteiger partial charge is 0.325 e. The summed E-state index contributed by atoms with van der Waals surface area (Å²) in [7, 11) is 0. The summed E-state index contributed by atoms with van der Waals surface area (Å²) < 4.78 is 93.7. The molecular formula is C27H30F7N3O2. The number of anilines is 2. The Morgan fingerprint density at radius 3 is 2.05 bits per heavy atom. The van der Waals surface area contributed by atoms with Crippen molar-refractivity contribution in [2.45, 2.75) is 40.0 Å². The molecule has 0 radical (unpaired) electrons. The predicted octanol–water partition coefficient (Wildman–Crippen LogP) is 6.24. The molecule has 214 valence electrons. The van der Waals surface area contributed by atoms with Gasteiger partial charge in [-0.3, -0.25) is 14.5 Å². The lowest BCUT2D eigenvalue weighted by Crippen LogP contribution is -2.51. The van der Waals surface area contributed by atoms with E-state index in [0.29, 0.717) is 24.4 Å². The van der Waals surface area contributed by atoms with Crippen LogP contribution in [0.15, 0.2) is 36.4 Å². The molecule has 1 heterocycles. The van der Waals surface area contributed by atoms with E-state index in [1.165, 1.54) is 11.8 Å². The summed E-state index contributed by atoms with van der Waals surface area (Å²) in [5, 5.41) is 2.24. The number of nitrogens with one attached hydrogen (secondary N) is 1. The third-order valence-corrected chi connectivity index (χ3v) is 7.27. The Morgan fingerprint density at radius 1 is 1.05 bits per heavy atom. The van der Waals surface area contributed by atoms with Gasteiger partial charge in [0, 0.05) is 31.0 Å². The van der Waals surface area contributed by atoms with Crippen molar-refractivity contribution in [3.8, 4) is 0 Å². The quantitative estimate of drug-likeness (QED) is 0.389. The molecule has 0 aromatic heterocycles. The fourth-order valence-corrected chi connectivity index (χ4v) is 5.07. The average Bonchev–Trinajstić information content (AvgIpc) is 3.08. The maximum atomic E-state index is 13.8. The van der Waals surface area contributed by atoms with Crippen LogP contribution in [0, 0.1) is 25.2 Å². The molecule has 0 bridgehead atoms. The molecule has 2 aromatic rings. The monoisotopic (exact) mass is 561 g/mol. The molecule has 1 aliphatic rings. The van der Waals surface area contributed by atoms with Gasteiger partial charge in [0.25, 0.3) is 0 Å². The molecule has 5 nitrogen and oxygen atoms in total. The number of hydrogen-bond donors (Lipinski definition) is 1. The van der Waals surface area contributed by atoms with E-state index in [1.54, 1.807) is 43.9 Å². The number of benzene rings is 2. The van der Waals surface area contributed by atoms with Crippen molar-refractivity contribution < 1.29 is 40.3 Å². The molecule has 1 unspecified atom stereocenters. The number of nitrogens with zero attached hydrogens (tertiary/aromatic N) is 2. The lowest BCUT2D eigenvalue weighted by molar-refractivity contribution is -0.143. The maximum absolute atomic E-state index is 13.8. The van der Waals surface area contributed by atoms with Gasteiger partial charge in [-0.25, -0.2) is 4.39 Å². The van der Waals surface area contributed by atoms with E-state index in [4.69, 9.17) is 0 Å². The van der Waals surface area contributed by atoms with E-state index in [2.05, 4.69) is 5.32 Å². The summed E-state index contributed by atoms with van der Waals surface area (Å²) in [5.74, 6) is -2.38. The second kappa shape index (κ2) is 11.1. The minimum Gasteiger partial charge on any atom is -0.325 e. The Labute approximate surface area is 222 Å². The van der Waals surface area contributed by atoms with Crippen LogP contribution in [0.3, 0.4) is 0 Å². The van der Waals surface area contributed by atoms with Gasteiger partial charge in [0.2, 0.25) is 11.8 Å². The van der Waals surface area contributed by atoms with E-state index < -0.39 is 59.0 Å². The first-order chi connectivity index (χ1) is 18.0. The summed E-state index contributed by atoms with van der Waals surface area (Å²) >= 11 is 0. The summed E-state index contributed by atoms with van der Waals surface area (Å²) in [4.78, 5) is 30.4. The topological polar surface area (TPSA) is 52.7 Å². The highest BCUT2D eigenvalue weighted by Crippen LogP contribution is 2.44. The van der Waals surface area contributed by atoms with Gasteiger partial charge in [-0.15, -0.1) is 0 Å². The number of carbonyl (C=O) groups excluding carboxylic acids is 2. The summed E-state index contributed by atoms with van der Waals surface area (Å²) in [6, 6.07) is 6.17. The minimum atomic E-state index is -5.10. The van der Waals surface area contributed by atoms with Gasteiger partial charge in [-0.2, -0.15) is 26.3 Å². The Kier molecular flexibility index (Phi) is 8.69. The second-order valence-corrected chi connectivity index (χ2v) is 9.85. The minimum absolute atomic E-state index is 0.0318. The molecule has 2 amide bonds. The molecule has 0 aliphatic carbocycles. The summed E-state index contributed by atoms with van der Waals surface area (Å²) in [6.07, 6.45) is -10.2. The van der Waals surface area contributed by atoms with Gasteiger partial charge in [0.05, 0.1) is 22.5 Å². The van der Waals surface area contributed by atoms with Crippen LogP contribution in [-0.4, -0.2) is 49.6 Å². The van der Waals surface area contributed by atoms with Crippen LogP contribution in [0.1, 0.15) is 36.1 Å². The molecule has 39 heavy (non-hydrogen) atoms. The van der Waals surface area contributed by atoms with Crippen LogP contribution in [0.25, 0.3) is 0 Å². The van der Waals surface area contributed by atoms with Crippen molar-refractivity contribution in [3.05, 3.63) is 58.7 Å². The van der Waals surface area contributed by atoms with Crippen LogP contribution in [0.5, 0.6) is 0 Å². The standard InChI is InChI=1S/C27H30F7N3O2/c1-5-36(10-9-28)14-25(15-37(23(38)18(25)4)22-16(2)7-6-8-17(22)3)24(39)35-21-12-19(26(29,30)31)11-20(13-21)27(32,33)34/h6-8,11-13,18H,5,9-10,14-15H2,1-4H3,(H,35,39)/t18?,25-/m1/s1. The molecule has 0 saturated carbocycles. The number of halogens is 7. The summed E-state index contributed by atoms with van der Waals surface area (Å²) in [6.45, 7) is 5.91. The third-order valence-electron chi connectivity index (χ3n) is 7.27. The van der Waals surface area contributed by atoms with Crippen molar-refractivity contribution in [3.63, 3.8) is 0 Å². The highest BCUT2D eigenvalue weighted by atomic mass is 19.4. The number of rotatable bonds is 8. The lowest BCUT2D eigenvalue weighted by atomic mass is 9.77. The molecule has 1 saturated heterocycles. The van der Waals surface area contributed by atoms with Gasteiger partial charge in [-0.1, -0.05) is 32.0 Å². The van der Waals surface area contributed by atoms with Crippen molar-refractivity contribution >= 4 is 23.2 Å². The zero-order valence-corrected chi connectivity index (χ0v) is 21.9. The first kappa shape index (κ1) is 30.4. The van der Waals surface area contributed by atoms with E-state index in [0.717, 1.165) is 11.1 Å². The number of amides is 2. The first-order valence-electron chi connectivity index (χ1n) is 12.3. The highest BCUT2D eigenvalue weighted by molar-refractivity contribution is 6.08. The molecule has 12 heteroatoms. The zero-order valence-electron chi connectivity index (χ0n) is 21.9. The average molecular weight is 562 g/mol. The van der Waals surface area contributed by atoms with Crippen molar-refractivity contribution in [1.82, 2.24) is 4.90 Å². The molecule has 2 aromatic carbocycles. The number of para-hydroxylation sites is 1. The largest absolute Gasteiger partial charge is 0.416 e. The van der Waals surface area contributed by atoms with Crippen LogP contribution in [-0.2, 0) is 21.9 Å². The molecule has 1 fully saturated rings. The van der Waals surface area contributed by atoms with E-state index in [9.17, 15) is 40.3 Å². The Bertz CT molecular complexity index is 1180. The number of hydrogen-bond acceptors (Lipinski definition) is 3. The van der Waals surface area contributed by atoms with Crippen LogP contribution in [0.2, 0.25) is 0 Å².